The molecule has 0 aromatic heterocycles. The zero-order valence-electron chi connectivity index (χ0n) is 12.3. The standard InChI is InChI=1S/C18H22Si/c1-15-5-7-16(8-6-15)9-10-17-11-13-18(14-12-17)19(2,3)4/h5-14H,1-4H3. The van der Waals surface area contributed by atoms with Crippen LogP contribution in [0.25, 0.3) is 12.2 Å². The van der Waals surface area contributed by atoms with E-state index in [2.05, 4.69) is 87.2 Å². The summed E-state index contributed by atoms with van der Waals surface area (Å²) in [5, 5.41) is 1.51. The topological polar surface area (TPSA) is 0 Å². The molecule has 0 N–H and O–H groups in total. The minimum atomic E-state index is -1.17. The van der Waals surface area contributed by atoms with Gasteiger partial charge in [-0.2, -0.15) is 0 Å². The van der Waals surface area contributed by atoms with Crippen molar-refractivity contribution in [2.45, 2.75) is 26.6 Å². The Morgan fingerprint density at radius 1 is 0.684 bits per heavy atom. The normalized spacial score (nSPS) is 12.0. The second kappa shape index (κ2) is 5.58. The van der Waals surface area contributed by atoms with Crippen LogP contribution in [0.1, 0.15) is 16.7 Å². The summed E-state index contributed by atoms with van der Waals surface area (Å²) in [6.45, 7) is 9.25. The maximum absolute atomic E-state index is 2.38. The van der Waals surface area contributed by atoms with Crippen molar-refractivity contribution in [2.75, 3.05) is 0 Å². The largest absolute Gasteiger partial charge is 0.0775 e. The van der Waals surface area contributed by atoms with Gasteiger partial charge in [0, 0.05) is 0 Å². The quantitative estimate of drug-likeness (QED) is 0.557. The second-order valence-corrected chi connectivity index (χ2v) is 11.2. The molecule has 0 fully saturated rings. The van der Waals surface area contributed by atoms with Gasteiger partial charge in [-0.1, -0.05) is 91.1 Å². The fourth-order valence-electron chi connectivity index (χ4n) is 1.96. The van der Waals surface area contributed by atoms with E-state index in [1.54, 1.807) is 0 Å². The van der Waals surface area contributed by atoms with Crippen molar-refractivity contribution in [3.8, 4) is 0 Å². The lowest BCUT2D eigenvalue weighted by Gasteiger charge is -2.16. The molecule has 0 atom stereocenters. The highest BCUT2D eigenvalue weighted by molar-refractivity contribution is 6.88. The summed E-state index contributed by atoms with van der Waals surface area (Å²) >= 11 is 0. The third-order valence-electron chi connectivity index (χ3n) is 3.32. The number of benzene rings is 2. The molecule has 2 aromatic carbocycles. The Morgan fingerprint density at radius 3 is 1.53 bits per heavy atom. The molecule has 0 aliphatic heterocycles. The van der Waals surface area contributed by atoms with E-state index in [-0.39, 0.29) is 0 Å². The Balaban J connectivity index is 2.13. The third kappa shape index (κ3) is 3.93. The number of aryl methyl sites for hydroxylation is 1. The first-order valence-electron chi connectivity index (χ1n) is 6.80. The number of hydrogen-bond donors (Lipinski definition) is 0. The van der Waals surface area contributed by atoms with Crippen LogP contribution in [-0.2, 0) is 0 Å². The van der Waals surface area contributed by atoms with Gasteiger partial charge in [0.1, 0.15) is 0 Å². The fourth-order valence-corrected chi connectivity index (χ4v) is 3.13. The molecule has 98 valence electrons. The molecule has 2 rings (SSSR count). The van der Waals surface area contributed by atoms with Crippen molar-refractivity contribution in [1.82, 2.24) is 0 Å². The van der Waals surface area contributed by atoms with Gasteiger partial charge in [0.25, 0.3) is 0 Å². The minimum absolute atomic E-state index is 1.17. The molecule has 0 spiro atoms. The molecule has 2 aromatic rings. The van der Waals surface area contributed by atoms with Gasteiger partial charge in [-0.05, 0) is 18.1 Å². The highest BCUT2D eigenvalue weighted by Crippen LogP contribution is 2.10. The molecule has 0 heterocycles. The summed E-state index contributed by atoms with van der Waals surface area (Å²) in [5.41, 5.74) is 3.82. The summed E-state index contributed by atoms with van der Waals surface area (Å²) < 4.78 is 0. The first-order valence-corrected chi connectivity index (χ1v) is 10.3. The molecule has 19 heavy (non-hydrogen) atoms. The van der Waals surface area contributed by atoms with Gasteiger partial charge >= 0.3 is 0 Å². The monoisotopic (exact) mass is 266 g/mol. The maximum Gasteiger partial charge on any atom is 0.0775 e. The van der Waals surface area contributed by atoms with Gasteiger partial charge in [0.15, 0.2) is 0 Å². The molecule has 1 heteroatoms. The maximum atomic E-state index is 2.38. The highest BCUT2D eigenvalue weighted by Gasteiger charge is 2.15. The first kappa shape index (κ1) is 13.8. The molecule has 0 nitrogen and oxygen atoms in total. The molecule has 0 saturated heterocycles. The lowest BCUT2D eigenvalue weighted by Crippen LogP contribution is -2.37. The smallest absolute Gasteiger partial charge is 0.0656 e. The predicted octanol–water partition coefficient (Wildman–Crippen LogP) is 4.71. The van der Waals surface area contributed by atoms with Crippen LogP contribution in [0.5, 0.6) is 0 Å². The number of hydrogen-bond acceptors (Lipinski definition) is 0. The van der Waals surface area contributed by atoms with Crippen LogP contribution >= 0.6 is 0 Å². The van der Waals surface area contributed by atoms with Crippen molar-refractivity contribution in [2.24, 2.45) is 0 Å². The van der Waals surface area contributed by atoms with Gasteiger partial charge in [0.05, 0.1) is 8.07 Å². The van der Waals surface area contributed by atoms with Crippen molar-refractivity contribution in [3.05, 3.63) is 65.2 Å². The van der Waals surface area contributed by atoms with Crippen LogP contribution in [0.4, 0.5) is 0 Å². The van der Waals surface area contributed by atoms with E-state index in [1.165, 1.54) is 21.9 Å². The van der Waals surface area contributed by atoms with E-state index in [9.17, 15) is 0 Å². The lowest BCUT2D eigenvalue weighted by atomic mass is 10.1. The number of rotatable bonds is 3. The summed E-state index contributed by atoms with van der Waals surface area (Å²) in [5.74, 6) is 0. The van der Waals surface area contributed by atoms with Crippen molar-refractivity contribution in [1.29, 1.82) is 0 Å². The van der Waals surface area contributed by atoms with Gasteiger partial charge in [0.2, 0.25) is 0 Å². The Kier molecular flexibility index (Phi) is 4.06. The molecule has 0 saturated carbocycles. The molecule has 0 unspecified atom stereocenters. The van der Waals surface area contributed by atoms with Crippen molar-refractivity contribution >= 4 is 25.4 Å². The van der Waals surface area contributed by atoms with Gasteiger partial charge in [-0.3, -0.25) is 0 Å². The molecule has 0 bridgehead atoms. The van der Waals surface area contributed by atoms with E-state index >= 15 is 0 Å². The van der Waals surface area contributed by atoms with E-state index in [0.717, 1.165) is 0 Å². The van der Waals surface area contributed by atoms with E-state index < -0.39 is 8.07 Å². The van der Waals surface area contributed by atoms with Crippen LogP contribution in [0.2, 0.25) is 19.6 Å². The van der Waals surface area contributed by atoms with Crippen LogP contribution in [-0.4, -0.2) is 8.07 Å². The zero-order chi connectivity index (χ0) is 13.9. The minimum Gasteiger partial charge on any atom is -0.0656 e. The summed E-state index contributed by atoms with van der Waals surface area (Å²) in [4.78, 5) is 0. The molecule has 0 radical (unpaired) electrons. The third-order valence-corrected chi connectivity index (χ3v) is 5.39. The van der Waals surface area contributed by atoms with E-state index in [4.69, 9.17) is 0 Å². The average molecular weight is 266 g/mol. The highest BCUT2D eigenvalue weighted by atomic mass is 28.3. The predicted molar refractivity (Wildman–Crippen MR) is 89.5 cm³/mol. The van der Waals surface area contributed by atoms with E-state index in [1.807, 2.05) is 0 Å². The summed E-state index contributed by atoms with van der Waals surface area (Å²) in [7, 11) is -1.17. The van der Waals surface area contributed by atoms with Gasteiger partial charge in [-0.25, -0.2) is 0 Å². The summed E-state index contributed by atoms with van der Waals surface area (Å²) in [6, 6.07) is 17.6. The van der Waals surface area contributed by atoms with Crippen LogP contribution in [0.15, 0.2) is 48.5 Å². The zero-order valence-corrected chi connectivity index (χ0v) is 13.3. The first-order chi connectivity index (χ1) is 8.95. The van der Waals surface area contributed by atoms with Gasteiger partial charge < -0.3 is 0 Å². The Bertz CT molecular complexity index is 554. The molecule has 0 aliphatic rings. The summed E-state index contributed by atoms with van der Waals surface area (Å²) in [6.07, 6.45) is 4.35. The Labute approximate surface area is 117 Å². The second-order valence-electron chi connectivity index (χ2n) is 6.12. The molecular formula is C18H22Si. The SMILES string of the molecule is Cc1ccc(C=Cc2ccc([Si](C)(C)C)cc2)cc1. The lowest BCUT2D eigenvalue weighted by molar-refractivity contribution is 1.46. The molecular weight excluding hydrogens is 244 g/mol. The van der Waals surface area contributed by atoms with Crippen LogP contribution in [0.3, 0.4) is 0 Å². The van der Waals surface area contributed by atoms with Gasteiger partial charge in [-0.15, -0.1) is 0 Å². The Hall–Kier alpha value is -1.60. The molecule has 0 aliphatic carbocycles. The average Bonchev–Trinajstić information content (AvgIpc) is 2.37. The van der Waals surface area contributed by atoms with E-state index in [0.29, 0.717) is 0 Å². The van der Waals surface area contributed by atoms with Crippen LogP contribution in [0, 0.1) is 6.92 Å². The van der Waals surface area contributed by atoms with Crippen molar-refractivity contribution in [3.63, 3.8) is 0 Å². The fraction of sp³-hybridized carbons (Fsp3) is 0.222. The Morgan fingerprint density at radius 2 is 1.11 bits per heavy atom. The van der Waals surface area contributed by atoms with Crippen molar-refractivity contribution < 1.29 is 0 Å². The molecule has 0 amide bonds. The van der Waals surface area contributed by atoms with Crippen LogP contribution < -0.4 is 5.19 Å².